The fourth-order valence-electron chi connectivity index (χ4n) is 3.18. The van der Waals surface area contributed by atoms with Crippen molar-refractivity contribution in [2.45, 2.75) is 6.92 Å². The Hall–Kier alpha value is -3.94. The lowest BCUT2D eigenvalue weighted by Crippen LogP contribution is -2.27. The van der Waals surface area contributed by atoms with Gasteiger partial charge in [0.25, 0.3) is 0 Å². The molecule has 0 saturated carbocycles. The van der Waals surface area contributed by atoms with Crippen LogP contribution in [0.5, 0.6) is 5.75 Å². The summed E-state index contributed by atoms with van der Waals surface area (Å²) in [4.78, 5) is 37.2. The number of allylic oxidation sites excluding steroid dienone is 1. The SMILES string of the molecule is CCOC(=O)C1C(=O)/C(=C/c2c[nH]c3ncccc23)OC1=Nc1ccccc1OC. The number of carbonyl (C=O) groups is 2. The highest BCUT2D eigenvalue weighted by Gasteiger charge is 2.44. The van der Waals surface area contributed by atoms with E-state index in [4.69, 9.17) is 14.2 Å². The molecule has 1 saturated heterocycles. The Bertz CT molecular complexity index is 1180. The number of nitrogens with zero attached hydrogens (tertiary/aromatic N) is 2. The molecule has 1 atom stereocenters. The monoisotopic (exact) mass is 405 g/mol. The van der Waals surface area contributed by atoms with E-state index < -0.39 is 17.7 Å². The van der Waals surface area contributed by atoms with Gasteiger partial charge in [-0.2, -0.15) is 0 Å². The van der Waals surface area contributed by atoms with Crippen molar-refractivity contribution in [3.05, 3.63) is 60.1 Å². The molecular formula is C22H19N3O5. The van der Waals surface area contributed by atoms with Crippen LogP contribution in [-0.2, 0) is 19.1 Å². The van der Waals surface area contributed by atoms with Crippen molar-refractivity contribution < 1.29 is 23.8 Å². The van der Waals surface area contributed by atoms with Crippen molar-refractivity contribution >= 4 is 40.4 Å². The highest BCUT2D eigenvalue weighted by atomic mass is 16.5. The third kappa shape index (κ3) is 3.55. The van der Waals surface area contributed by atoms with Crippen LogP contribution in [0.2, 0.25) is 0 Å². The zero-order valence-electron chi connectivity index (χ0n) is 16.4. The summed E-state index contributed by atoms with van der Waals surface area (Å²) in [5.74, 6) is -2.05. The summed E-state index contributed by atoms with van der Waals surface area (Å²) in [5, 5.41) is 0.823. The minimum atomic E-state index is -1.27. The molecular weight excluding hydrogens is 386 g/mol. The van der Waals surface area contributed by atoms with E-state index in [1.54, 1.807) is 55.7 Å². The van der Waals surface area contributed by atoms with Crippen LogP contribution in [0, 0.1) is 5.92 Å². The number of ketones is 1. The second kappa shape index (κ2) is 8.20. The Morgan fingerprint density at radius 2 is 2.13 bits per heavy atom. The molecule has 1 unspecified atom stereocenters. The smallest absolute Gasteiger partial charge is 0.326 e. The number of ether oxygens (including phenoxy) is 3. The normalized spacial score (nSPS) is 18.7. The van der Waals surface area contributed by atoms with Crippen LogP contribution >= 0.6 is 0 Å². The first kappa shape index (κ1) is 19.4. The number of hydrogen-bond acceptors (Lipinski definition) is 7. The number of hydrogen-bond donors (Lipinski definition) is 1. The molecule has 3 aromatic rings. The van der Waals surface area contributed by atoms with Gasteiger partial charge in [-0.1, -0.05) is 12.1 Å². The lowest BCUT2D eigenvalue weighted by Gasteiger charge is -2.08. The summed E-state index contributed by atoms with van der Waals surface area (Å²) in [6.45, 7) is 1.81. The molecule has 30 heavy (non-hydrogen) atoms. The first-order chi connectivity index (χ1) is 14.6. The second-order valence-corrected chi connectivity index (χ2v) is 6.43. The van der Waals surface area contributed by atoms with E-state index in [1.165, 1.54) is 7.11 Å². The lowest BCUT2D eigenvalue weighted by molar-refractivity contribution is -0.147. The van der Waals surface area contributed by atoms with E-state index >= 15 is 0 Å². The van der Waals surface area contributed by atoms with E-state index in [0.29, 0.717) is 22.6 Å². The van der Waals surface area contributed by atoms with Crippen molar-refractivity contribution in [3.8, 4) is 5.75 Å². The average molecular weight is 405 g/mol. The Labute approximate surface area is 172 Å². The number of esters is 1. The van der Waals surface area contributed by atoms with E-state index in [1.807, 2.05) is 6.07 Å². The van der Waals surface area contributed by atoms with Gasteiger partial charge >= 0.3 is 5.97 Å². The van der Waals surface area contributed by atoms with Crippen LogP contribution in [0.1, 0.15) is 12.5 Å². The maximum atomic E-state index is 13.0. The van der Waals surface area contributed by atoms with Gasteiger partial charge in [-0.15, -0.1) is 0 Å². The number of methoxy groups -OCH3 is 1. The van der Waals surface area contributed by atoms with Crippen LogP contribution in [-0.4, -0.2) is 41.3 Å². The van der Waals surface area contributed by atoms with Crippen molar-refractivity contribution in [2.75, 3.05) is 13.7 Å². The summed E-state index contributed by atoms with van der Waals surface area (Å²) in [7, 11) is 1.51. The molecule has 8 heteroatoms. The van der Waals surface area contributed by atoms with Crippen LogP contribution in [0.25, 0.3) is 17.1 Å². The molecule has 1 aromatic carbocycles. The minimum absolute atomic E-state index is 0.00598. The topological polar surface area (TPSA) is 103 Å². The third-order valence-electron chi connectivity index (χ3n) is 4.57. The number of carbonyl (C=O) groups excluding carboxylic acids is 2. The molecule has 0 spiro atoms. The van der Waals surface area contributed by atoms with Gasteiger partial charge in [0.15, 0.2) is 11.7 Å². The molecule has 8 nitrogen and oxygen atoms in total. The van der Waals surface area contributed by atoms with Gasteiger partial charge in [-0.25, -0.2) is 9.98 Å². The fraction of sp³-hybridized carbons (Fsp3) is 0.182. The molecule has 0 bridgehead atoms. The van der Waals surface area contributed by atoms with Gasteiger partial charge in [-0.3, -0.25) is 9.59 Å². The average Bonchev–Trinajstić information content (AvgIpc) is 3.30. The quantitative estimate of drug-likeness (QED) is 0.396. The largest absolute Gasteiger partial charge is 0.494 e. The van der Waals surface area contributed by atoms with Gasteiger partial charge in [-0.05, 0) is 37.3 Å². The van der Waals surface area contributed by atoms with E-state index in [2.05, 4.69) is 15.0 Å². The van der Waals surface area contributed by atoms with Crippen molar-refractivity contribution in [2.24, 2.45) is 10.9 Å². The number of aromatic nitrogens is 2. The number of Topliss-reactive ketones (excluding diaryl/α,β-unsaturated/α-hetero) is 1. The van der Waals surface area contributed by atoms with Crippen molar-refractivity contribution in [3.63, 3.8) is 0 Å². The highest BCUT2D eigenvalue weighted by molar-refractivity contribution is 6.27. The molecule has 0 aliphatic carbocycles. The van der Waals surface area contributed by atoms with Gasteiger partial charge < -0.3 is 19.2 Å². The standard InChI is InChI=1S/C22H19N3O5/c1-3-29-22(27)18-19(26)17(11-13-12-24-20-14(13)7-6-10-23-20)30-21(18)25-15-8-4-5-9-16(15)28-2/h4-12,18H,3H2,1-2H3,(H,23,24)/b17-11-,25-21?. The molecule has 152 valence electrons. The molecule has 1 aliphatic rings. The van der Waals surface area contributed by atoms with Crippen molar-refractivity contribution in [1.82, 2.24) is 9.97 Å². The van der Waals surface area contributed by atoms with E-state index in [-0.39, 0.29) is 18.3 Å². The number of H-pyrrole nitrogens is 1. The zero-order chi connectivity index (χ0) is 21.1. The third-order valence-corrected chi connectivity index (χ3v) is 4.57. The van der Waals surface area contributed by atoms with Gasteiger partial charge in [0, 0.05) is 23.3 Å². The summed E-state index contributed by atoms with van der Waals surface area (Å²) >= 11 is 0. The summed E-state index contributed by atoms with van der Waals surface area (Å²) in [6.07, 6.45) is 4.96. The van der Waals surface area contributed by atoms with E-state index in [0.717, 1.165) is 5.39 Å². The van der Waals surface area contributed by atoms with Crippen LogP contribution in [0.15, 0.2) is 59.5 Å². The first-order valence-corrected chi connectivity index (χ1v) is 9.36. The Kier molecular flexibility index (Phi) is 5.30. The molecule has 2 aromatic heterocycles. The number of nitrogens with one attached hydrogen (secondary N) is 1. The predicted octanol–water partition coefficient (Wildman–Crippen LogP) is 3.42. The number of aromatic amines is 1. The molecule has 0 radical (unpaired) electrons. The summed E-state index contributed by atoms with van der Waals surface area (Å²) < 4.78 is 16.1. The number of rotatable bonds is 5. The number of aliphatic imine (C=N–C) groups is 1. The molecule has 1 N–H and O–H groups in total. The van der Waals surface area contributed by atoms with Gasteiger partial charge in [0.1, 0.15) is 17.1 Å². The predicted molar refractivity (Wildman–Crippen MR) is 110 cm³/mol. The van der Waals surface area contributed by atoms with Crippen LogP contribution < -0.4 is 4.74 Å². The highest BCUT2D eigenvalue weighted by Crippen LogP contribution is 2.32. The summed E-state index contributed by atoms with van der Waals surface area (Å²) in [5.41, 5.74) is 1.83. The van der Waals surface area contributed by atoms with Crippen LogP contribution in [0.4, 0.5) is 5.69 Å². The maximum Gasteiger partial charge on any atom is 0.326 e. The number of para-hydroxylation sites is 2. The van der Waals surface area contributed by atoms with E-state index in [9.17, 15) is 9.59 Å². The number of benzene rings is 1. The maximum absolute atomic E-state index is 13.0. The van der Waals surface area contributed by atoms with Crippen LogP contribution in [0.3, 0.4) is 0 Å². The number of pyridine rings is 1. The molecule has 1 fully saturated rings. The fourth-order valence-corrected chi connectivity index (χ4v) is 3.18. The lowest BCUT2D eigenvalue weighted by atomic mass is 10.0. The minimum Gasteiger partial charge on any atom is -0.494 e. The second-order valence-electron chi connectivity index (χ2n) is 6.43. The molecule has 0 amide bonds. The molecule has 4 rings (SSSR count). The van der Waals surface area contributed by atoms with Gasteiger partial charge in [0.05, 0.1) is 13.7 Å². The van der Waals surface area contributed by atoms with Gasteiger partial charge in [0.2, 0.25) is 11.7 Å². The Morgan fingerprint density at radius 3 is 2.93 bits per heavy atom. The zero-order valence-corrected chi connectivity index (χ0v) is 16.4. The Balaban J connectivity index is 1.77. The van der Waals surface area contributed by atoms with Crippen molar-refractivity contribution in [1.29, 1.82) is 0 Å². The Morgan fingerprint density at radius 1 is 1.30 bits per heavy atom. The first-order valence-electron chi connectivity index (χ1n) is 9.36. The molecule has 3 heterocycles. The number of fused-ring (bicyclic) bond motifs is 1. The summed E-state index contributed by atoms with van der Waals surface area (Å²) in [6, 6.07) is 10.7. The molecule has 1 aliphatic heterocycles.